The zero-order valence-electron chi connectivity index (χ0n) is 15.7. The van der Waals surface area contributed by atoms with Gasteiger partial charge in [-0.2, -0.15) is 4.39 Å². The van der Waals surface area contributed by atoms with Crippen LogP contribution in [0, 0.1) is 17.5 Å². The first-order valence-electron chi connectivity index (χ1n) is 8.83. The molecule has 1 saturated heterocycles. The highest BCUT2D eigenvalue weighted by atomic mass is 32.1. The van der Waals surface area contributed by atoms with Gasteiger partial charge in [-0.05, 0) is 37.5 Å². The molecule has 0 bridgehead atoms. The van der Waals surface area contributed by atoms with Gasteiger partial charge in [0.05, 0.1) is 12.8 Å². The van der Waals surface area contributed by atoms with Gasteiger partial charge in [0, 0.05) is 18.1 Å². The summed E-state index contributed by atoms with van der Waals surface area (Å²) in [6.45, 7) is 2.65. The van der Waals surface area contributed by atoms with E-state index in [2.05, 4.69) is 4.98 Å². The summed E-state index contributed by atoms with van der Waals surface area (Å²) >= 11 is 4.89. The summed E-state index contributed by atoms with van der Waals surface area (Å²) in [6, 6.07) is 5.61. The van der Waals surface area contributed by atoms with Crippen LogP contribution in [0.1, 0.15) is 30.2 Å². The van der Waals surface area contributed by atoms with Gasteiger partial charge >= 0.3 is 8.60 Å². The van der Waals surface area contributed by atoms with Crippen LogP contribution in [0.4, 0.5) is 4.39 Å². The first-order chi connectivity index (χ1) is 13.9. The minimum atomic E-state index is -1.30. The third-order valence-corrected chi connectivity index (χ3v) is 5.57. The van der Waals surface area contributed by atoms with E-state index >= 15 is 0 Å². The van der Waals surface area contributed by atoms with Gasteiger partial charge in [0.1, 0.15) is 27.7 Å². The van der Waals surface area contributed by atoms with E-state index in [-0.39, 0.29) is 23.5 Å². The third kappa shape index (κ3) is 5.55. The van der Waals surface area contributed by atoms with Gasteiger partial charge in [-0.25, -0.2) is 0 Å². The number of aromatic amines is 1. The number of aromatic nitrogens is 2. The molecule has 4 radical (unpaired) electrons. The Morgan fingerprint density at radius 1 is 1.45 bits per heavy atom. The fourth-order valence-electron chi connectivity index (χ4n) is 2.83. The summed E-state index contributed by atoms with van der Waals surface area (Å²) in [4.78, 5) is 13.1. The number of aryl methyl sites for hydroxylation is 1. The molecule has 0 saturated carbocycles. The average molecular weight is 434 g/mol. The number of para-hydroxylation sites is 1. The van der Waals surface area contributed by atoms with Crippen molar-refractivity contribution in [1.29, 1.82) is 0 Å². The van der Waals surface area contributed by atoms with E-state index in [4.69, 9.17) is 46.2 Å². The Bertz CT molecular complexity index is 976. The van der Waals surface area contributed by atoms with Crippen LogP contribution in [0.5, 0.6) is 5.75 Å². The van der Waals surface area contributed by atoms with Gasteiger partial charge in [-0.15, -0.1) is 0 Å². The topological polar surface area (TPSA) is 74.7 Å². The van der Waals surface area contributed by atoms with Gasteiger partial charge in [0.15, 0.2) is 4.77 Å². The molecule has 1 aromatic carbocycles. The Balaban J connectivity index is 0.000000166. The molecule has 2 unspecified atom stereocenters. The lowest BCUT2D eigenvalue weighted by Gasteiger charge is -2.24. The van der Waals surface area contributed by atoms with Crippen LogP contribution in [-0.4, -0.2) is 37.8 Å². The number of ether oxygens (including phenoxy) is 1. The second-order valence-electron chi connectivity index (χ2n) is 6.30. The molecule has 1 fully saturated rings. The van der Waals surface area contributed by atoms with Crippen molar-refractivity contribution in [2.45, 2.75) is 38.6 Å². The molecule has 150 valence electrons. The Morgan fingerprint density at radius 3 is 2.93 bits per heavy atom. The molecule has 7 nitrogen and oxygen atoms in total. The molecular weight excluding hydrogens is 416 g/mol. The zero-order chi connectivity index (χ0) is 21.0. The largest absolute Gasteiger partial charge is 0.426 e. The van der Waals surface area contributed by atoms with E-state index < -0.39 is 20.0 Å². The molecule has 0 aliphatic carbocycles. The maximum atomic E-state index is 13.0. The molecule has 2 aliphatic rings. The second-order valence-corrected chi connectivity index (χ2v) is 7.83. The molecular formula is C17H18B2FN2O5PS. The highest BCUT2D eigenvalue weighted by Gasteiger charge is 2.24. The summed E-state index contributed by atoms with van der Waals surface area (Å²) in [5.74, 6) is -0.00835. The lowest BCUT2D eigenvalue weighted by molar-refractivity contribution is 0.0346. The normalized spacial score (nSPS) is 22.9. The van der Waals surface area contributed by atoms with Crippen LogP contribution in [0.3, 0.4) is 0 Å². The minimum absolute atomic E-state index is 0.118. The molecule has 1 N–H and O–H groups in total. The highest BCUT2D eigenvalue weighted by molar-refractivity contribution is 7.71. The van der Waals surface area contributed by atoms with Gasteiger partial charge in [0.25, 0.3) is 5.56 Å². The van der Waals surface area contributed by atoms with Gasteiger partial charge in [-0.3, -0.25) is 18.9 Å². The van der Waals surface area contributed by atoms with Crippen molar-refractivity contribution in [2.24, 2.45) is 0 Å². The van der Waals surface area contributed by atoms with Crippen LogP contribution >= 0.6 is 20.8 Å². The number of hydrogen-bond donors (Lipinski definition) is 1. The summed E-state index contributed by atoms with van der Waals surface area (Å²) in [5.41, 5.74) is 1.34. The molecule has 2 aromatic rings. The first-order valence-corrected chi connectivity index (χ1v) is 10.3. The number of H-pyrrole nitrogens is 1. The molecule has 0 spiro atoms. The Morgan fingerprint density at radius 2 is 2.24 bits per heavy atom. The van der Waals surface area contributed by atoms with Crippen molar-refractivity contribution < 1.29 is 22.7 Å². The van der Waals surface area contributed by atoms with Gasteiger partial charge in [0.2, 0.25) is 5.82 Å². The van der Waals surface area contributed by atoms with E-state index in [1.165, 1.54) is 4.57 Å². The molecule has 29 heavy (non-hydrogen) atoms. The summed E-state index contributed by atoms with van der Waals surface area (Å²) in [6.07, 6.45) is 2.00. The number of fused-ring (bicyclic) bond motifs is 1. The number of halogens is 1. The van der Waals surface area contributed by atoms with Crippen LogP contribution in [0.2, 0.25) is 0 Å². The molecule has 4 rings (SSSR count). The Kier molecular flexibility index (Phi) is 7.65. The molecule has 3 atom stereocenters. The summed E-state index contributed by atoms with van der Waals surface area (Å²) in [7, 11) is 9.50. The van der Waals surface area contributed by atoms with Gasteiger partial charge in [-0.1, -0.05) is 18.2 Å². The van der Waals surface area contributed by atoms with Crippen molar-refractivity contribution in [2.75, 3.05) is 6.51 Å². The molecule has 3 heterocycles. The quantitative estimate of drug-likeness (QED) is 0.455. The summed E-state index contributed by atoms with van der Waals surface area (Å²) in [5, 5.41) is 0. The predicted molar refractivity (Wildman–Crippen MR) is 110 cm³/mol. The van der Waals surface area contributed by atoms with Gasteiger partial charge < -0.3 is 13.8 Å². The van der Waals surface area contributed by atoms with Crippen LogP contribution in [-0.2, 0) is 20.4 Å². The van der Waals surface area contributed by atoms with E-state index in [1.54, 1.807) is 0 Å². The smallest absolute Gasteiger partial charge is 0.396 e. The first kappa shape index (κ1) is 22.2. The Labute approximate surface area is 176 Å². The van der Waals surface area contributed by atoms with E-state index in [0.717, 1.165) is 23.1 Å². The fraction of sp³-hybridized carbons (Fsp3) is 0.412. The standard InChI is InChI=1S/C9H10BO3P.C8H8BFN2O2S/c1-7-3-2-4-8-5-11-14(12-6-10)13-9(7)8;9-5-1-2-6(14-5)12-3-4(10)7(13)11-8(12)15/h2-4H,5-6H2,1H3;3,5-6H,1-2H2,(H,11,13,15)/t;5-,6?/m.0/s1. The van der Waals surface area contributed by atoms with Crippen molar-refractivity contribution in [3.05, 3.63) is 56.5 Å². The van der Waals surface area contributed by atoms with Crippen LogP contribution in [0.15, 0.2) is 29.2 Å². The molecule has 2 aliphatic heterocycles. The van der Waals surface area contributed by atoms with Crippen molar-refractivity contribution in [3.63, 3.8) is 0 Å². The number of nitrogens with one attached hydrogen (secondary N) is 1. The third-order valence-electron chi connectivity index (χ3n) is 4.23. The fourth-order valence-corrected chi connectivity index (χ4v) is 4.05. The number of benzene rings is 1. The van der Waals surface area contributed by atoms with E-state index in [9.17, 15) is 9.18 Å². The molecule has 0 amide bonds. The minimum Gasteiger partial charge on any atom is -0.426 e. The van der Waals surface area contributed by atoms with E-state index in [1.807, 2.05) is 25.1 Å². The number of rotatable bonds is 3. The van der Waals surface area contributed by atoms with Crippen molar-refractivity contribution >= 4 is 36.5 Å². The van der Waals surface area contributed by atoms with Crippen LogP contribution in [0.25, 0.3) is 0 Å². The lowest BCUT2D eigenvalue weighted by Crippen LogP contribution is -2.20. The monoisotopic (exact) mass is 434 g/mol. The zero-order valence-corrected chi connectivity index (χ0v) is 17.4. The predicted octanol–water partition coefficient (Wildman–Crippen LogP) is 3.12. The molecule has 12 heteroatoms. The lowest BCUT2D eigenvalue weighted by atomic mass is 9.98. The SMILES string of the molecule is [B]COP1OCc2cccc(C)c2O1.[B][C@@H]1CCC(n2cc(F)c(=O)[nH]c2=S)O1. The van der Waals surface area contributed by atoms with Crippen LogP contribution < -0.4 is 10.1 Å². The average Bonchev–Trinajstić information content (AvgIpc) is 3.12. The molecule has 1 aromatic heterocycles. The highest BCUT2D eigenvalue weighted by Crippen LogP contribution is 2.47. The van der Waals surface area contributed by atoms with Crippen molar-refractivity contribution in [1.82, 2.24) is 9.55 Å². The Hall–Kier alpha value is -1.51. The van der Waals surface area contributed by atoms with Crippen molar-refractivity contribution in [3.8, 4) is 5.75 Å². The number of hydrogen-bond acceptors (Lipinski definition) is 6. The van der Waals surface area contributed by atoms with E-state index in [0.29, 0.717) is 19.4 Å². The number of nitrogens with zero attached hydrogens (tertiary/aromatic N) is 1. The summed E-state index contributed by atoms with van der Waals surface area (Å²) < 4.78 is 35.8. The maximum Gasteiger partial charge on any atom is 0.396 e. The second kappa shape index (κ2) is 10.00. The maximum absolute atomic E-state index is 13.0.